The van der Waals surface area contributed by atoms with E-state index in [9.17, 15) is 9.18 Å². The van der Waals surface area contributed by atoms with Crippen molar-refractivity contribution < 1.29 is 14.0 Å². The number of aromatic nitrogens is 2. The van der Waals surface area contributed by atoms with E-state index in [1.165, 1.54) is 12.1 Å². The third-order valence-electron chi connectivity index (χ3n) is 3.63. The summed E-state index contributed by atoms with van der Waals surface area (Å²) in [5, 5.41) is 10.8. The van der Waals surface area contributed by atoms with E-state index in [2.05, 4.69) is 15.6 Å². The summed E-state index contributed by atoms with van der Waals surface area (Å²) in [6.07, 6.45) is 1.24. The Labute approximate surface area is 126 Å². The molecule has 0 radical (unpaired) electrons. The molecule has 1 N–H and O–H groups in total. The van der Waals surface area contributed by atoms with Gasteiger partial charge in [-0.05, 0) is 24.6 Å². The maximum absolute atomic E-state index is 12.9. The maximum atomic E-state index is 12.9. The summed E-state index contributed by atoms with van der Waals surface area (Å²) in [5.74, 6) is -0.596. The summed E-state index contributed by atoms with van der Waals surface area (Å²) in [6, 6.07) is 5.93. The molecule has 1 unspecified atom stereocenters. The van der Waals surface area contributed by atoms with E-state index in [4.69, 9.17) is 4.84 Å². The first kappa shape index (κ1) is 14.2. The van der Waals surface area contributed by atoms with E-state index in [1.54, 1.807) is 30.1 Å². The zero-order chi connectivity index (χ0) is 15.7. The van der Waals surface area contributed by atoms with E-state index in [1.807, 2.05) is 6.92 Å². The van der Waals surface area contributed by atoms with E-state index < -0.39 is 6.10 Å². The van der Waals surface area contributed by atoms with Crippen LogP contribution in [0, 0.1) is 12.7 Å². The lowest BCUT2D eigenvalue weighted by Gasteiger charge is -2.08. The molecule has 0 spiro atoms. The number of amides is 1. The lowest BCUT2D eigenvalue weighted by molar-refractivity contribution is -0.125. The molecule has 0 bridgehead atoms. The Hall–Kier alpha value is -2.70. The smallest absolute Gasteiger partial charge is 0.268 e. The minimum absolute atomic E-state index is 0.281. The Bertz CT molecular complexity index is 737. The van der Waals surface area contributed by atoms with Crippen LogP contribution < -0.4 is 5.32 Å². The van der Waals surface area contributed by atoms with Crippen molar-refractivity contribution in [3.8, 4) is 0 Å². The van der Waals surface area contributed by atoms with Crippen LogP contribution in [0.15, 0.2) is 35.6 Å². The van der Waals surface area contributed by atoms with Crippen LogP contribution in [0.2, 0.25) is 0 Å². The number of carbonyl (C=O) groups is 1. The Morgan fingerprint density at radius 1 is 1.41 bits per heavy atom. The highest BCUT2D eigenvalue weighted by Crippen LogP contribution is 2.19. The molecule has 22 heavy (non-hydrogen) atoms. The molecule has 6 nitrogen and oxygen atoms in total. The van der Waals surface area contributed by atoms with Gasteiger partial charge in [-0.25, -0.2) is 4.39 Å². The number of hydrogen-bond donors (Lipinski definition) is 1. The number of hydrogen-bond acceptors (Lipinski definition) is 4. The summed E-state index contributed by atoms with van der Waals surface area (Å²) >= 11 is 0. The molecule has 1 aromatic carbocycles. The zero-order valence-corrected chi connectivity index (χ0v) is 12.2. The normalized spacial score (nSPS) is 17.0. The molecule has 0 fully saturated rings. The molecule has 2 aromatic rings. The van der Waals surface area contributed by atoms with Crippen LogP contribution in [0.25, 0.3) is 0 Å². The van der Waals surface area contributed by atoms with Gasteiger partial charge in [-0.2, -0.15) is 5.10 Å². The van der Waals surface area contributed by atoms with Gasteiger partial charge in [-0.1, -0.05) is 17.3 Å². The molecule has 0 saturated carbocycles. The molecule has 114 valence electrons. The van der Waals surface area contributed by atoms with Crippen LogP contribution in [0.5, 0.6) is 0 Å². The van der Waals surface area contributed by atoms with Gasteiger partial charge in [0.15, 0.2) is 0 Å². The third-order valence-corrected chi connectivity index (χ3v) is 3.63. The molecule has 7 heteroatoms. The largest absolute Gasteiger partial charge is 0.382 e. The number of carbonyl (C=O) groups excluding carboxylic acids is 1. The van der Waals surface area contributed by atoms with Gasteiger partial charge >= 0.3 is 0 Å². The first-order chi connectivity index (χ1) is 10.5. The van der Waals surface area contributed by atoms with Gasteiger partial charge in [0.25, 0.3) is 5.91 Å². The average Bonchev–Trinajstić information content (AvgIpc) is 3.11. The van der Waals surface area contributed by atoms with Crippen molar-refractivity contribution in [1.82, 2.24) is 9.78 Å². The van der Waals surface area contributed by atoms with Crippen LogP contribution in [-0.2, 0) is 16.7 Å². The maximum Gasteiger partial charge on any atom is 0.268 e. The summed E-state index contributed by atoms with van der Waals surface area (Å²) in [6.45, 7) is 1.86. The standard InChI is InChI=1S/C15H15FN4O2/c1-9-13(8-17-20(9)2)18-15(21)14-7-12(19-22-14)10-3-5-11(16)6-4-10/h3-6,8,14H,7H2,1-2H3,(H,18,21). The number of aryl methyl sites for hydroxylation is 1. The van der Waals surface area contributed by atoms with E-state index in [-0.39, 0.29) is 11.7 Å². The minimum Gasteiger partial charge on any atom is -0.382 e. The number of halogens is 1. The highest BCUT2D eigenvalue weighted by molar-refractivity contribution is 6.06. The molecular weight excluding hydrogens is 287 g/mol. The number of nitrogens with zero attached hydrogens (tertiary/aromatic N) is 3. The first-order valence-corrected chi connectivity index (χ1v) is 6.82. The van der Waals surface area contributed by atoms with E-state index in [0.29, 0.717) is 17.8 Å². The Balaban J connectivity index is 1.65. The molecular formula is C15H15FN4O2. The Kier molecular flexibility index (Phi) is 3.62. The highest BCUT2D eigenvalue weighted by atomic mass is 19.1. The first-order valence-electron chi connectivity index (χ1n) is 6.82. The molecule has 0 aliphatic carbocycles. The molecule has 1 aromatic heterocycles. The number of oxime groups is 1. The van der Waals surface area contributed by atoms with Crippen molar-refractivity contribution in [2.24, 2.45) is 12.2 Å². The number of rotatable bonds is 3. The van der Waals surface area contributed by atoms with Gasteiger partial charge in [-0.15, -0.1) is 0 Å². The predicted molar refractivity (Wildman–Crippen MR) is 79.0 cm³/mol. The summed E-state index contributed by atoms with van der Waals surface area (Å²) in [5.41, 5.74) is 2.87. The van der Waals surface area contributed by atoms with Gasteiger partial charge in [0.05, 0.1) is 23.3 Å². The van der Waals surface area contributed by atoms with Crippen molar-refractivity contribution in [2.45, 2.75) is 19.4 Å². The SMILES string of the molecule is Cc1c(NC(=O)C2CC(c3ccc(F)cc3)=NO2)cnn1C. The van der Waals surface area contributed by atoms with Gasteiger partial charge in [0.2, 0.25) is 6.10 Å². The topological polar surface area (TPSA) is 68.5 Å². The van der Waals surface area contributed by atoms with Crippen molar-refractivity contribution in [1.29, 1.82) is 0 Å². The molecule has 1 amide bonds. The van der Waals surface area contributed by atoms with Crippen LogP contribution in [0.3, 0.4) is 0 Å². The molecule has 1 aliphatic heterocycles. The fourth-order valence-corrected chi connectivity index (χ4v) is 2.17. The molecule has 2 heterocycles. The van der Waals surface area contributed by atoms with Crippen molar-refractivity contribution in [3.63, 3.8) is 0 Å². The summed E-state index contributed by atoms with van der Waals surface area (Å²) in [7, 11) is 1.80. The number of nitrogens with one attached hydrogen (secondary N) is 1. The molecule has 1 atom stereocenters. The third kappa shape index (κ3) is 2.69. The zero-order valence-electron chi connectivity index (χ0n) is 12.2. The second-order valence-electron chi connectivity index (χ2n) is 5.10. The van der Waals surface area contributed by atoms with Crippen molar-refractivity contribution in [3.05, 3.63) is 47.5 Å². The number of benzene rings is 1. The summed E-state index contributed by atoms with van der Waals surface area (Å²) < 4.78 is 14.6. The van der Waals surface area contributed by atoms with Crippen LogP contribution in [0.1, 0.15) is 17.7 Å². The Morgan fingerprint density at radius 2 is 2.14 bits per heavy atom. The van der Waals surface area contributed by atoms with E-state index in [0.717, 1.165) is 11.3 Å². The quantitative estimate of drug-likeness (QED) is 0.943. The van der Waals surface area contributed by atoms with Gasteiger partial charge in [0, 0.05) is 13.5 Å². The monoisotopic (exact) mass is 302 g/mol. The van der Waals surface area contributed by atoms with E-state index >= 15 is 0 Å². The van der Waals surface area contributed by atoms with Gasteiger partial charge in [-0.3, -0.25) is 9.48 Å². The fraction of sp³-hybridized carbons (Fsp3) is 0.267. The van der Waals surface area contributed by atoms with Crippen molar-refractivity contribution >= 4 is 17.3 Å². The van der Waals surface area contributed by atoms with Crippen LogP contribution in [0.4, 0.5) is 10.1 Å². The second kappa shape index (κ2) is 5.59. The fourth-order valence-electron chi connectivity index (χ4n) is 2.17. The molecule has 1 aliphatic rings. The highest BCUT2D eigenvalue weighted by Gasteiger charge is 2.29. The summed E-state index contributed by atoms with van der Waals surface area (Å²) in [4.78, 5) is 17.4. The van der Waals surface area contributed by atoms with Crippen LogP contribution in [-0.4, -0.2) is 27.5 Å². The van der Waals surface area contributed by atoms with Crippen molar-refractivity contribution in [2.75, 3.05) is 5.32 Å². The van der Waals surface area contributed by atoms with Gasteiger partial charge in [0.1, 0.15) is 5.82 Å². The number of anilines is 1. The predicted octanol–water partition coefficient (Wildman–Crippen LogP) is 2.00. The van der Waals surface area contributed by atoms with Gasteiger partial charge < -0.3 is 10.2 Å². The molecule has 3 rings (SSSR count). The molecule has 0 saturated heterocycles. The Morgan fingerprint density at radius 3 is 2.77 bits per heavy atom. The average molecular weight is 302 g/mol. The lowest BCUT2D eigenvalue weighted by atomic mass is 10.0. The second-order valence-corrected chi connectivity index (χ2v) is 5.10. The lowest BCUT2D eigenvalue weighted by Crippen LogP contribution is -2.28. The van der Waals surface area contributed by atoms with Crippen LogP contribution >= 0.6 is 0 Å². The minimum atomic E-state index is -0.695.